The number of benzene rings is 4. The van der Waals surface area contributed by atoms with Gasteiger partial charge >= 0.3 is 29.6 Å². The van der Waals surface area contributed by atoms with E-state index in [9.17, 15) is 14.4 Å². The van der Waals surface area contributed by atoms with Crippen LogP contribution in [-0.4, -0.2) is 55.4 Å². The van der Waals surface area contributed by atoms with E-state index in [-0.39, 0.29) is 74.4 Å². The maximum atomic E-state index is 12.1. The molecule has 0 spiro atoms. The molecule has 0 aliphatic carbocycles. The van der Waals surface area contributed by atoms with Gasteiger partial charge in [0.05, 0.1) is 6.54 Å². The largest absolute Gasteiger partial charge is 1.00 e. The van der Waals surface area contributed by atoms with Crippen molar-refractivity contribution >= 4 is 77.0 Å². The number of H-pyrrole nitrogens is 1. The van der Waals surface area contributed by atoms with Crippen LogP contribution in [-0.2, 0) is 33.8 Å². The number of fused-ring (bicyclic) bond motifs is 2. The Balaban J connectivity index is -0.000000744. The molecular formula is C41H40BCl4N5NaO5. The third-order valence-corrected chi connectivity index (χ3v) is 7.53. The number of nitrogens with zero attached hydrogens (tertiary/aromatic N) is 2. The van der Waals surface area contributed by atoms with Gasteiger partial charge in [0.25, 0.3) is 5.97 Å². The number of nitrogens with one attached hydrogen (secondary N) is 2. The van der Waals surface area contributed by atoms with Crippen molar-refractivity contribution in [3.63, 3.8) is 0 Å². The van der Waals surface area contributed by atoms with E-state index in [1.54, 1.807) is 30.5 Å². The SMILES string of the molecule is CC(=O)O.O=C(CNCc1cccc(Cl)c1)Cc1ccc2cnccc2c1.O=Cc1cccc(Cl)c1.[B].[C-]#N.[Cl-].[Cl-].[NH3+]CC(=O)Cc1ccc2c[nH+]ccc2c1.[Na+]. The van der Waals surface area contributed by atoms with Crippen molar-refractivity contribution in [1.82, 2.24) is 10.3 Å². The van der Waals surface area contributed by atoms with Crippen LogP contribution in [0.15, 0.2) is 122 Å². The van der Waals surface area contributed by atoms with E-state index in [4.69, 9.17) is 44.9 Å². The van der Waals surface area contributed by atoms with Gasteiger partial charge in [0.15, 0.2) is 24.0 Å². The van der Waals surface area contributed by atoms with Gasteiger partial charge in [-0.05, 0) is 63.9 Å². The van der Waals surface area contributed by atoms with Gasteiger partial charge in [-0.1, -0.05) is 77.8 Å². The monoisotopic (exact) mass is 856 g/mol. The molecule has 0 saturated carbocycles. The van der Waals surface area contributed by atoms with E-state index < -0.39 is 5.97 Å². The van der Waals surface area contributed by atoms with Crippen molar-refractivity contribution in [2.75, 3.05) is 13.1 Å². The number of Topliss-reactive ketones (excluding diaryl/α,β-unsaturated/α-hetero) is 2. The summed E-state index contributed by atoms with van der Waals surface area (Å²) < 4.78 is 0. The Labute approximate surface area is 379 Å². The molecule has 0 bridgehead atoms. The van der Waals surface area contributed by atoms with Gasteiger partial charge in [0.2, 0.25) is 0 Å². The quantitative estimate of drug-likeness (QED) is 0.0732. The predicted octanol–water partition coefficient (Wildman–Crippen LogP) is -3.23. The van der Waals surface area contributed by atoms with Crippen LogP contribution in [0.3, 0.4) is 0 Å². The number of carboxylic acid groups (broad SMARTS) is 1. The number of rotatable bonds is 10. The molecule has 291 valence electrons. The van der Waals surface area contributed by atoms with Gasteiger partial charge < -0.3 is 52.8 Å². The number of aldehydes is 1. The number of ketones is 2. The first-order chi connectivity index (χ1) is 25.6. The Kier molecular flexibility index (Phi) is 32.9. The van der Waals surface area contributed by atoms with Gasteiger partial charge in [-0.25, -0.2) is 4.98 Å². The fourth-order valence-corrected chi connectivity index (χ4v) is 5.12. The van der Waals surface area contributed by atoms with Gasteiger partial charge in [0.1, 0.15) is 12.8 Å². The Morgan fingerprint density at radius 1 is 0.807 bits per heavy atom. The number of aliphatic carboxylic acids is 1. The zero-order valence-electron chi connectivity index (χ0n) is 31.4. The summed E-state index contributed by atoms with van der Waals surface area (Å²) in [6.45, 7) is 7.18. The number of carbonyl (C=O) groups excluding carboxylic acids is 3. The molecule has 0 unspecified atom stereocenters. The average Bonchev–Trinajstić information content (AvgIpc) is 3.16. The summed E-state index contributed by atoms with van der Waals surface area (Å²) >= 11 is 11.5. The van der Waals surface area contributed by atoms with Crippen molar-refractivity contribution in [1.29, 1.82) is 5.26 Å². The normalized spacial score (nSPS) is 9.02. The van der Waals surface area contributed by atoms with Crippen molar-refractivity contribution in [2.24, 2.45) is 0 Å². The molecule has 2 aromatic heterocycles. The summed E-state index contributed by atoms with van der Waals surface area (Å²) in [5.41, 5.74) is 7.36. The van der Waals surface area contributed by atoms with E-state index in [1.807, 2.05) is 85.3 Å². The maximum Gasteiger partial charge on any atom is 1.00 e. The van der Waals surface area contributed by atoms with Crippen LogP contribution in [0.1, 0.15) is 34.0 Å². The maximum absolute atomic E-state index is 12.1. The predicted molar refractivity (Wildman–Crippen MR) is 211 cm³/mol. The van der Waals surface area contributed by atoms with Crippen LogP contribution in [0.25, 0.3) is 21.5 Å². The summed E-state index contributed by atoms with van der Waals surface area (Å²) in [6.07, 6.45) is 9.11. The van der Waals surface area contributed by atoms with Crippen LogP contribution in [0.2, 0.25) is 10.0 Å². The van der Waals surface area contributed by atoms with E-state index in [0.717, 1.165) is 51.4 Å². The first-order valence-corrected chi connectivity index (χ1v) is 16.9. The molecule has 6 rings (SSSR count). The second-order valence-corrected chi connectivity index (χ2v) is 12.1. The average molecular weight is 858 g/mol. The zero-order chi connectivity index (χ0) is 39.0. The van der Waals surface area contributed by atoms with Crippen LogP contribution in [0.5, 0.6) is 0 Å². The van der Waals surface area contributed by atoms with Gasteiger partial charge in [0, 0.05) is 79.6 Å². The minimum Gasteiger partial charge on any atom is -1.00 e. The standard InChI is InChI=1S/C19H17ClN2O.C12H12N2O.C7H5ClO.C2H4O2.CN.B.2ClH.Na/c20-18-3-1-2-15(9-18)11-22-13-19(23)10-14-4-5-17-12-21-7-6-16(17)8-14;13-7-12(15)6-9-1-2-11-8-14-4-3-10(11)5-9;8-7-3-1-2-6(4-7)5-9;1-2(3)4;1-2;;;;/h1-9,12,22H,10-11,13H2;1-5,8H,6-7,13H2;1-5H;1H3,(H,3,4);;;2*1H;/q;;;;-1;;;;+1. The summed E-state index contributed by atoms with van der Waals surface area (Å²) in [7, 11) is 0. The Morgan fingerprint density at radius 3 is 1.93 bits per heavy atom. The molecule has 6 aromatic rings. The van der Waals surface area contributed by atoms with Crippen molar-refractivity contribution in [3.05, 3.63) is 161 Å². The van der Waals surface area contributed by atoms with Crippen molar-refractivity contribution in [2.45, 2.75) is 26.3 Å². The summed E-state index contributed by atoms with van der Waals surface area (Å²) in [6, 6.07) is 30.5. The molecular weight excluding hydrogens is 818 g/mol. The van der Waals surface area contributed by atoms with E-state index in [2.05, 4.69) is 27.1 Å². The number of halogens is 4. The first kappa shape index (κ1) is 57.1. The molecule has 10 nitrogen and oxygen atoms in total. The van der Waals surface area contributed by atoms with Crippen LogP contribution >= 0.6 is 23.2 Å². The van der Waals surface area contributed by atoms with E-state index in [1.165, 1.54) is 0 Å². The van der Waals surface area contributed by atoms with Crippen LogP contribution in [0.4, 0.5) is 0 Å². The molecule has 0 atom stereocenters. The molecule has 6 N–H and O–H groups in total. The van der Waals surface area contributed by atoms with Gasteiger partial charge in [-0.15, -0.1) is 0 Å². The second kappa shape index (κ2) is 32.9. The number of hydrogen-bond donors (Lipinski definition) is 3. The molecule has 3 radical (unpaired) electrons. The third-order valence-electron chi connectivity index (χ3n) is 7.06. The van der Waals surface area contributed by atoms with Crippen LogP contribution in [0, 0.1) is 11.8 Å². The molecule has 16 heteroatoms. The molecule has 0 amide bonds. The minimum atomic E-state index is -0.833. The smallest absolute Gasteiger partial charge is 1.00 e. The number of aromatic nitrogens is 2. The Bertz CT molecular complexity index is 2140. The molecule has 0 fully saturated rings. The molecule has 57 heavy (non-hydrogen) atoms. The van der Waals surface area contributed by atoms with E-state index in [0.29, 0.717) is 48.1 Å². The third kappa shape index (κ3) is 23.6. The van der Waals surface area contributed by atoms with Gasteiger partial charge in [-0.3, -0.25) is 24.2 Å². The second-order valence-electron chi connectivity index (χ2n) is 11.3. The number of quaternary nitrogens is 1. The van der Waals surface area contributed by atoms with Crippen molar-refractivity contribution in [3.8, 4) is 0 Å². The molecule has 4 aromatic carbocycles. The Hall–Kier alpha value is -4.19. The molecule has 2 heterocycles. The van der Waals surface area contributed by atoms with Gasteiger partial charge in [-0.2, -0.15) is 0 Å². The molecule has 0 aliphatic heterocycles. The number of hydrogen-bond acceptors (Lipinski definition) is 7. The number of pyridine rings is 2. The number of aromatic amines is 1. The fourth-order valence-electron chi connectivity index (χ4n) is 4.71. The zero-order valence-corrected chi connectivity index (χ0v) is 36.5. The molecule has 0 aliphatic rings. The Morgan fingerprint density at radius 2 is 1.37 bits per heavy atom. The van der Waals surface area contributed by atoms with Crippen LogP contribution < -0.4 is 70.4 Å². The van der Waals surface area contributed by atoms with E-state index >= 15 is 0 Å². The van der Waals surface area contributed by atoms with Crippen molar-refractivity contribution < 1.29 is 89.4 Å². The summed E-state index contributed by atoms with van der Waals surface area (Å²) in [5.74, 6) is -0.489. The molecule has 0 saturated heterocycles. The minimum absolute atomic E-state index is 0. The number of carbonyl (C=O) groups is 4. The first-order valence-electron chi connectivity index (χ1n) is 16.2. The topological polar surface area (TPSA) is 179 Å². The number of carboxylic acids is 1. The fraction of sp³-hybridized carbons (Fsp3) is 0.146. The summed E-state index contributed by atoms with van der Waals surface area (Å²) in [5, 5.41) is 22.6. The summed E-state index contributed by atoms with van der Waals surface area (Å²) in [4.78, 5) is 49.6.